The predicted molar refractivity (Wildman–Crippen MR) is 119 cm³/mol. The minimum atomic E-state index is -2.34. The zero-order valence-corrected chi connectivity index (χ0v) is 19.4. The number of hydroxylamine groups is 2. The number of carbonyl (C=O) groups excluding carboxylic acids is 2. The Morgan fingerprint density at radius 1 is 1.27 bits per heavy atom. The summed E-state index contributed by atoms with van der Waals surface area (Å²) in [6, 6.07) is 3.40. The van der Waals surface area contributed by atoms with Crippen molar-refractivity contribution in [2.75, 3.05) is 13.1 Å². The average molecular weight is 474 g/mol. The molecule has 33 heavy (non-hydrogen) atoms. The minimum absolute atomic E-state index is 0.0946. The van der Waals surface area contributed by atoms with Crippen LogP contribution in [0.1, 0.15) is 56.0 Å². The molecule has 0 radical (unpaired) electrons. The highest BCUT2D eigenvalue weighted by Crippen LogP contribution is 2.32. The minimum Gasteiger partial charge on any atom is -0.772 e. The lowest BCUT2D eigenvalue weighted by Gasteiger charge is -2.32. The first-order chi connectivity index (χ1) is 15.5. The van der Waals surface area contributed by atoms with Crippen LogP contribution in [0.4, 0.5) is 0 Å². The van der Waals surface area contributed by atoms with Crippen LogP contribution in [0.15, 0.2) is 18.3 Å². The van der Waals surface area contributed by atoms with E-state index >= 15 is 0 Å². The number of aromatic nitrogens is 4. The fourth-order valence-electron chi connectivity index (χ4n) is 3.81. The first-order valence-electron chi connectivity index (χ1n) is 10.5. The third kappa shape index (κ3) is 4.72. The second kappa shape index (κ2) is 8.76. The molecule has 1 amide bonds. The molecule has 1 atom stereocenters. The van der Waals surface area contributed by atoms with Crippen molar-refractivity contribution in [1.29, 1.82) is 0 Å². The molecule has 0 aliphatic carbocycles. The van der Waals surface area contributed by atoms with Crippen molar-refractivity contribution in [3.8, 4) is 0 Å². The summed E-state index contributed by atoms with van der Waals surface area (Å²) >= 11 is -2.34. The number of nitrogens with zero attached hydrogens (tertiary/aromatic N) is 5. The molecule has 1 saturated heterocycles. The molecule has 12 heteroatoms. The van der Waals surface area contributed by atoms with Crippen LogP contribution in [-0.4, -0.2) is 58.5 Å². The van der Waals surface area contributed by atoms with Crippen molar-refractivity contribution in [1.82, 2.24) is 24.8 Å². The fourth-order valence-corrected chi connectivity index (χ4v) is 4.16. The standard InChI is InChI=1S/C21H26N6O5S/c1-21(2,3)20(29)32-26-8-6-13(7-9-26)27-18-14(17(25-27)19(22)28)5-4-12-10-23-15(11-33(30)31)24-16(12)18/h4-5,10,13H,6-9,11H2,1-3H3,(H2,22,28)(H,30,31)/p-1. The van der Waals surface area contributed by atoms with Crippen molar-refractivity contribution in [3.63, 3.8) is 0 Å². The van der Waals surface area contributed by atoms with E-state index in [1.54, 1.807) is 48.8 Å². The van der Waals surface area contributed by atoms with Gasteiger partial charge in [0.1, 0.15) is 5.82 Å². The molecule has 4 rings (SSSR count). The molecule has 0 bridgehead atoms. The van der Waals surface area contributed by atoms with E-state index in [1.807, 2.05) is 0 Å². The first kappa shape index (κ1) is 23.2. The van der Waals surface area contributed by atoms with E-state index in [-0.39, 0.29) is 29.3 Å². The normalized spacial score (nSPS) is 16.8. The molecule has 3 heterocycles. The monoisotopic (exact) mass is 473 g/mol. The number of hydrogen-bond donors (Lipinski definition) is 1. The van der Waals surface area contributed by atoms with Gasteiger partial charge in [0.05, 0.1) is 28.2 Å². The number of benzene rings is 1. The highest BCUT2D eigenvalue weighted by Gasteiger charge is 2.30. The molecule has 1 fully saturated rings. The third-order valence-corrected chi connectivity index (χ3v) is 6.04. The zero-order valence-electron chi connectivity index (χ0n) is 18.6. The number of primary amides is 1. The average Bonchev–Trinajstić information content (AvgIpc) is 3.13. The Hall–Kier alpha value is -2.96. The number of fused-ring (bicyclic) bond motifs is 3. The summed E-state index contributed by atoms with van der Waals surface area (Å²) in [4.78, 5) is 38.4. The van der Waals surface area contributed by atoms with E-state index in [0.29, 0.717) is 47.7 Å². The van der Waals surface area contributed by atoms with Crippen LogP contribution >= 0.6 is 0 Å². The zero-order chi connectivity index (χ0) is 23.9. The number of nitrogens with two attached hydrogens (primary N) is 1. The molecule has 1 aliphatic heterocycles. The highest BCUT2D eigenvalue weighted by atomic mass is 32.2. The van der Waals surface area contributed by atoms with Gasteiger partial charge in [0.25, 0.3) is 5.91 Å². The van der Waals surface area contributed by atoms with E-state index in [1.165, 1.54) is 0 Å². The van der Waals surface area contributed by atoms with Crippen LogP contribution in [0.3, 0.4) is 0 Å². The molecule has 0 saturated carbocycles. The Balaban J connectivity index is 1.71. The van der Waals surface area contributed by atoms with E-state index in [4.69, 9.17) is 10.6 Å². The smallest absolute Gasteiger partial charge is 0.330 e. The Morgan fingerprint density at radius 2 is 1.97 bits per heavy atom. The van der Waals surface area contributed by atoms with Gasteiger partial charge in [-0.3, -0.25) is 13.7 Å². The van der Waals surface area contributed by atoms with Crippen LogP contribution in [0, 0.1) is 5.41 Å². The predicted octanol–water partition coefficient (Wildman–Crippen LogP) is 1.60. The van der Waals surface area contributed by atoms with Gasteiger partial charge in [0, 0.05) is 30.1 Å². The summed E-state index contributed by atoms with van der Waals surface area (Å²) in [6.45, 7) is 6.40. The molecule has 176 valence electrons. The topological polar surface area (TPSA) is 156 Å². The maximum atomic E-state index is 12.2. The molecule has 11 nitrogen and oxygen atoms in total. The van der Waals surface area contributed by atoms with Gasteiger partial charge in [0.15, 0.2) is 5.69 Å². The van der Waals surface area contributed by atoms with E-state index in [0.717, 1.165) is 0 Å². The summed E-state index contributed by atoms with van der Waals surface area (Å²) in [5.74, 6) is -1.13. The lowest BCUT2D eigenvalue weighted by atomic mass is 9.98. The Labute approximate surface area is 192 Å². The molecule has 1 aliphatic rings. The van der Waals surface area contributed by atoms with Crippen LogP contribution < -0.4 is 5.73 Å². The first-order valence-corrected chi connectivity index (χ1v) is 11.8. The van der Waals surface area contributed by atoms with Crippen LogP contribution in [0.2, 0.25) is 0 Å². The summed E-state index contributed by atoms with van der Waals surface area (Å²) in [5, 5.41) is 7.39. The summed E-state index contributed by atoms with van der Waals surface area (Å²) < 4.78 is 24.0. The van der Waals surface area contributed by atoms with Crippen molar-refractivity contribution in [2.24, 2.45) is 11.1 Å². The molecule has 1 aromatic carbocycles. The number of rotatable bonds is 5. The maximum absolute atomic E-state index is 12.2. The van der Waals surface area contributed by atoms with Gasteiger partial charge < -0.3 is 15.1 Å². The number of piperidine rings is 1. The number of carbonyl (C=O) groups is 2. The van der Waals surface area contributed by atoms with Gasteiger partial charge in [0.2, 0.25) is 0 Å². The van der Waals surface area contributed by atoms with Crippen molar-refractivity contribution in [2.45, 2.75) is 45.4 Å². The quantitative estimate of drug-likeness (QED) is 0.544. The van der Waals surface area contributed by atoms with Gasteiger partial charge in [-0.15, -0.1) is 5.06 Å². The van der Waals surface area contributed by atoms with Gasteiger partial charge >= 0.3 is 5.97 Å². The second-order valence-corrected chi connectivity index (χ2v) is 9.98. The lowest BCUT2D eigenvalue weighted by Crippen LogP contribution is -2.39. The SMILES string of the molecule is CC(C)(C)C(=O)ON1CCC(n2nc(C(N)=O)c3ccc4cnc(CS(=O)[O-])nc4c32)CC1. The van der Waals surface area contributed by atoms with Crippen LogP contribution in [0.5, 0.6) is 0 Å². The number of amides is 1. The van der Waals surface area contributed by atoms with Crippen molar-refractivity contribution < 1.29 is 23.2 Å². The van der Waals surface area contributed by atoms with Crippen molar-refractivity contribution >= 4 is 44.8 Å². The van der Waals surface area contributed by atoms with Crippen LogP contribution in [-0.2, 0) is 26.5 Å². The number of hydrogen-bond acceptors (Lipinski definition) is 9. The van der Waals surface area contributed by atoms with Gasteiger partial charge in [-0.25, -0.2) is 14.8 Å². The van der Waals surface area contributed by atoms with Crippen molar-refractivity contribution in [3.05, 3.63) is 29.8 Å². The Bertz CT molecular complexity index is 1260. The molecular formula is C21H25N6O5S-. The fraction of sp³-hybridized carbons (Fsp3) is 0.476. The molecule has 0 spiro atoms. The lowest BCUT2D eigenvalue weighted by molar-refractivity contribution is -0.205. The largest absolute Gasteiger partial charge is 0.772 e. The Kier molecular flexibility index (Phi) is 6.16. The summed E-state index contributed by atoms with van der Waals surface area (Å²) in [5.41, 5.74) is 6.22. The van der Waals surface area contributed by atoms with Gasteiger partial charge in [-0.05, 0) is 50.8 Å². The third-order valence-electron chi connectivity index (χ3n) is 5.54. The molecule has 3 aromatic rings. The van der Waals surface area contributed by atoms with Crippen LogP contribution in [0.25, 0.3) is 21.8 Å². The summed E-state index contributed by atoms with van der Waals surface area (Å²) in [7, 11) is 0. The molecular weight excluding hydrogens is 448 g/mol. The van der Waals surface area contributed by atoms with Gasteiger partial charge in [-0.2, -0.15) is 5.10 Å². The van der Waals surface area contributed by atoms with E-state index in [9.17, 15) is 18.4 Å². The summed E-state index contributed by atoms with van der Waals surface area (Å²) in [6.07, 6.45) is 2.79. The maximum Gasteiger partial charge on any atom is 0.330 e. The molecule has 1 unspecified atom stereocenters. The van der Waals surface area contributed by atoms with E-state index < -0.39 is 22.4 Å². The molecule has 2 N–H and O–H groups in total. The van der Waals surface area contributed by atoms with Gasteiger partial charge in [-0.1, -0.05) is 6.07 Å². The highest BCUT2D eigenvalue weighted by molar-refractivity contribution is 7.78. The Morgan fingerprint density at radius 3 is 2.58 bits per heavy atom. The second-order valence-electron chi connectivity index (χ2n) is 9.08. The van der Waals surface area contributed by atoms with E-state index in [2.05, 4.69) is 15.1 Å². The molecule has 2 aromatic heterocycles.